The van der Waals surface area contributed by atoms with Gasteiger partial charge in [-0.15, -0.1) is 11.8 Å². The first-order chi connectivity index (χ1) is 14.3. The fourth-order valence-corrected chi connectivity index (χ4v) is 6.23. The molecular formula is C21H39N3O5S. The predicted octanol–water partition coefficient (Wildman–Crippen LogP) is -0.110. The van der Waals surface area contributed by atoms with Crippen LogP contribution < -0.4 is 11.1 Å². The van der Waals surface area contributed by atoms with Gasteiger partial charge in [-0.1, -0.05) is 19.8 Å². The van der Waals surface area contributed by atoms with E-state index in [0.717, 1.165) is 45.1 Å². The third-order valence-corrected chi connectivity index (χ3v) is 8.08. The van der Waals surface area contributed by atoms with Gasteiger partial charge in [-0.25, -0.2) is 0 Å². The normalized spacial score (nSPS) is 43.6. The zero-order valence-electron chi connectivity index (χ0n) is 18.3. The number of nitrogens with one attached hydrogen (secondary N) is 1. The van der Waals surface area contributed by atoms with E-state index in [9.17, 15) is 20.1 Å². The Morgan fingerprint density at radius 3 is 2.60 bits per heavy atom. The lowest BCUT2D eigenvalue weighted by Crippen LogP contribution is -2.66. The Morgan fingerprint density at radius 2 is 2.00 bits per heavy atom. The van der Waals surface area contributed by atoms with E-state index in [4.69, 9.17) is 10.5 Å². The molecule has 1 amide bonds. The molecule has 2 saturated heterocycles. The van der Waals surface area contributed by atoms with Crippen molar-refractivity contribution >= 4 is 17.7 Å². The topological polar surface area (TPSA) is 128 Å². The van der Waals surface area contributed by atoms with Gasteiger partial charge >= 0.3 is 0 Å². The first kappa shape index (κ1) is 24.2. The van der Waals surface area contributed by atoms with Crippen molar-refractivity contribution in [2.75, 3.05) is 19.8 Å². The zero-order valence-corrected chi connectivity index (χ0v) is 19.1. The molecule has 0 spiro atoms. The fourth-order valence-electron chi connectivity index (χ4n) is 5.55. The number of carbonyl (C=O) groups excluding carboxylic acids is 1. The number of nitrogens with two attached hydrogens (primary N) is 1. The number of rotatable bonds is 7. The molecule has 2 heterocycles. The molecular weight excluding hydrogens is 406 g/mol. The van der Waals surface area contributed by atoms with Crippen molar-refractivity contribution in [3.8, 4) is 0 Å². The molecule has 1 aliphatic carbocycles. The molecule has 8 nitrogen and oxygen atoms in total. The molecule has 0 bridgehead atoms. The molecule has 3 fully saturated rings. The average molecular weight is 446 g/mol. The van der Waals surface area contributed by atoms with Crippen LogP contribution in [0.5, 0.6) is 0 Å². The van der Waals surface area contributed by atoms with Gasteiger partial charge in [-0.05, 0) is 50.8 Å². The van der Waals surface area contributed by atoms with Crippen LogP contribution in [0.3, 0.4) is 0 Å². The lowest BCUT2D eigenvalue weighted by Gasteiger charge is -2.45. The summed E-state index contributed by atoms with van der Waals surface area (Å²) in [6.45, 7) is 3.07. The summed E-state index contributed by atoms with van der Waals surface area (Å²) in [6.07, 6.45) is 2.83. The zero-order chi connectivity index (χ0) is 22.0. The van der Waals surface area contributed by atoms with Gasteiger partial charge in [0, 0.05) is 12.6 Å². The van der Waals surface area contributed by atoms with Gasteiger partial charge in [0.15, 0.2) is 0 Å². The Labute approximate surface area is 183 Å². The summed E-state index contributed by atoms with van der Waals surface area (Å²) in [5.74, 6) is 0.395. The average Bonchev–Trinajstić information content (AvgIpc) is 3.30. The molecule has 0 aromatic rings. The number of aliphatic hydroxyl groups is 3. The van der Waals surface area contributed by atoms with Crippen LogP contribution in [0.15, 0.2) is 0 Å². The van der Waals surface area contributed by atoms with Crippen LogP contribution in [0.1, 0.15) is 45.4 Å². The molecule has 6 N–H and O–H groups in total. The van der Waals surface area contributed by atoms with Crippen LogP contribution in [0.2, 0.25) is 0 Å². The maximum atomic E-state index is 13.3. The van der Waals surface area contributed by atoms with E-state index in [0.29, 0.717) is 5.92 Å². The summed E-state index contributed by atoms with van der Waals surface area (Å²) >= 11 is 1.28. The second-order valence-corrected chi connectivity index (χ2v) is 10.3. The van der Waals surface area contributed by atoms with Crippen molar-refractivity contribution < 1.29 is 24.9 Å². The molecule has 2 aliphatic heterocycles. The second-order valence-electron chi connectivity index (χ2n) is 9.32. The second kappa shape index (κ2) is 10.5. The first-order valence-electron chi connectivity index (χ1n) is 11.3. The number of carbonyl (C=O) groups is 1. The molecule has 0 radical (unpaired) electrons. The summed E-state index contributed by atoms with van der Waals surface area (Å²) in [7, 11) is 1.98. The first-order valence-corrected chi connectivity index (χ1v) is 12.6. The monoisotopic (exact) mass is 445 g/mol. The highest BCUT2D eigenvalue weighted by Gasteiger charge is 2.50. The van der Waals surface area contributed by atoms with Gasteiger partial charge in [-0.2, -0.15) is 0 Å². The van der Waals surface area contributed by atoms with E-state index in [2.05, 4.69) is 17.1 Å². The standard InChI is InChI=1S/C21H39N3O5S/c1-4-6-11-9-14(24(2)10-11)20(28)23-15(12-7-5-8-13(12)22)19-17(26)16(25)18(27)21(29-19)30-3/h11-19,21,25-27H,4-10,22H2,1-3H3,(H,23,28)/t11-,12-,13?,14+,15-,16?,17?,18-,19-,21?/m1/s1. The van der Waals surface area contributed by atoms with E-state index in [1.807, 2.05) is 7.05 Å². The molecule has 10 atom stereocenters. The Balaban J connectivity index is 1.78. The van der Waals surface area contributed by atoms with E-state index in [1.54, 1.807) is 6.26 Å². The van der Waals surface area contributed by atoms with Gasteiger partial charge < -0.3 is 31.1 Å². The number of amides is 1. The SMILES string of the molecule is CCC[C@@H]1C[C@@H](C(=O)N[C@H]([C@@H]2CCCC2N)[C@H]2OC(SC)[C@H](O)C(O)C2O)N(C)C1. The van der Waals surface area contributed by atoms with Crippen molar-refractivity contribution in [3.05, 3.63) is 0 Å². The number of aliphatic hydroxyl groups excluding tert-OH is 3. The number of ether oxygens (including phenoxy) is 1. The molecule has 4 unspecified atom stereocenters. The third-order valence-electron chi connectivity index (χ3n) is 7.22. The van der Waals surface area contributed by atoms with Crippen molar-refractivity contribution in [1.82, 2.24) is 10.2 Å². The number of thioether (sulfide) groups is 1. The van der Waals surface area contributed by atoms with Gasteiger partial charge in [0.2, 0.25) is 5.91 Å². The number of hydrogen-bond donors (Lipinski definition) is 5. The summed E-state index contributed by atoms with van der Waals surface area (Å²) in [4.78, 5) is 15.4. The number of hydrogen-bond acceptors (Lipinski definition) is 8. The van der Waals surface area contributed by atoms with Crippen LogP contribution in [-0.2, 0) is 9.53 Å². The van der Waals surface area contributed by atoms with Crippen LogP contribution in [0, 0.1) is 11.8 Å². The Hall–Kier alpha value is -0.420. The molecule has 3 aliphatic rings. The molecule has 9 heteroatoms. The maximum Gasteiger partial charge on any atom is 0.237 e. The fraction of sp³-hybridized carbons (Fsp3) is 0.952. The van der Waals surface area contributed by atoms with Crippen molar-refractivity contribution in [2.24, 2.45) is 17.6 Å². The minimum atomic E-state index is -1.33. The maximum absolute atomic E-state index is 13.3. The third kappa shape index (κ3) is 4.98. The van der Waals surface area contributed by atoms with Crippen molar-refractivity contribution in [1.29, 1.82) is 0 Å². The van der Waals surface area contributed by atoms with Gasteiger partial charge in [0.05, 0.1) is 12.1 Å². The lowest BCUT2D eigenvalue weighted by molar-refractivity contribution is -0.209. The van der Waals surface area contributed by atoms with Crippen LogP contribution in [-0.4, -0.2) is 94.0 Å². The highest BCUT2D eigenvalue weighted by Crippen LogP contribution is 2.36. The molecule has 3 rings (SSSR count). The van der Waals surface area contributed by atoms with Gasteiger partial charge in [0.25, 0.3) is 0 Å². The minimum absolute atomic E-state index is 0.0447. The van der Waals surface area contributed by atoms with Crippen LogP contribution >= 0.6 is 11.8 Å². The molecule has 174 valence electrons. The molecule has 30 heavy (non-hydrogen) atoms. The molecule has 0 aromatic carbocycles. The van der Waals surface area contributed by atoms with Gasteiger partial charge in [-0.3, -0.25) is 9.69 Å². The van der Waals surface area contributed by atoms with Gasteiger partial charge in [0.1, 0.15) is 29.9 Å². The van der Waals surface area contributed by atoms with E-state index >= 15 is 0 Å². The van der Waals surface area contributed by atoms with Crippen LogP contribution in [0.25, 0.3) is 0 Å². The highest BCUT2D eigenvalue weighted by molar-refractivity contribution is 7.99. The highest BCUT2D eigenvalue weighted by atomic mass is 32.2. The summed E-state index contributed by atoms with van der Waals surface area (Å²) in [5, 5.41) is 34.5. The Morgan fingerprint density at radius 1 is 1.27 bits per heavy atom. The van der Waals surface area contributed by atoms with E-state index < -0.39 is 35.9 Å². The lowest BCUT2D eigenvalue weighted by atomic mass is 9.84. The van der Waals surface area contributed by atoms with Crippen molar-refractivity contribution in [2.45, 2.75) is 93.4 Å². The van der Waals surface area contributed by atoms with Crippen LogP contribution in [0.4, 0.5) is 0 Å². The minimum Gasteiger partial charge on any atom is -0.388 e. The molecule has 0 aromatic heterocycles. The van der Waals surface area contributed by atoms with E-state index in [1.165, 1.54) is 11.8 Å². The predicted molar refractivity (Wildman–Crippen MR) is 117 cm³/mol. The number of nitrogens with zero attached hydrogens (tertiary/aromatic N) is 1. The summed E-state index contributed by atoms with van der Waals surface area (Å²) in [6, 6.07) is -0.827. The Kier molecular flexibility index (Phi) is 8.45. The summed E-state index contributed by atoms with van der Waals surface area (Å²) < 4.78 is 6.02. The Bertz CT molecular complexity index is 583. The number of likely N-dealkylation sites (tertiary alicyclic amines) is 1. The smallest absolute Gasteiger partial charge is 0.237 e. The molecule has 1 saturated carbocycles. The van der Waals surface area contributed by atoms with Crippen molar-refractivity contribution in [3.63, 3.8) is 0 Å². The largest absolute Gasteiger partial charge is 0.388 e. The quantitative estimate of drug-likeness (QED) is 0.367. The number of likely N-dealkylation sites (N-methyl/N-ethyl adjacent to an activating group) is 1. The van der Waals surface area contributed by atoms with E-state index in [-0.39, 0.29) is 23.9 Å². The summed E-state index contributed by atoms with van der Waals surface area (Å²) in [5.41, 5.74) is 5.69.